The molecule has 0 spiro atoms. The highest BCUT2D eigenvalue weighted by Crippen LogP contribution is 2.40. The summed E-state index contributed by atoms with van der Waals surface area (Å²) in [6.07, 6.45) is 4.14. The van der Waals surface area contributed by atoms with Gasteiger partial charge in [0.15, 0.2) is 0 Å². The van der Waals surface area contributed by atoms with E-state index in [4.69, 9.17) is 9.97 Å². The molecule has 0 aliphatic carbocycles. The van der Waals surface area contributed by atoms with Gasteiger partial charge >= 0.3 is 0 Å². The van der Waals surface area contributed by atoms with Crippen LogP contribution in [0.25, 0.3) is 90.4 Å². The van der Waals surface area contributed by atoms with Crippen molar-refractivity contribution in [2.45, 2.75) is 6.92 Å². The zero-order valence-electron chi connectivity index (χ0n) is 27.9. The van der Waals surface area contributed by atoms with Crippen LogP contribution >= 0.6 is 0 Å². The summed E-state index contributed by atoms with van der Waals surface area (Å²) in [7, 11) is 0. The molecule has 232 valence electrons. The van der Waals surface area contributed by atoms with Gasteiger partial charge in [-0.15, -0.1) is 0 Å². The van der Waals surface area contributed by atoms with Crippen molar-refractivity contribution in [1.82, 2.24) is 19.9 Å². The Labute approximate surface area is 286 Å². The number of hydrogen-bond donors (Lipinski definition) is 2. The molecule has 2 N–H and O–H groups in total. The SMILES string of the molecule is [2H]C1=C(C)c2nc1c(-c1ccccc1)c1nc(c(-c3ccccc3)c3ccc([nH]3)c(-c3ccccc3)c3ccc([nH]3)c2-c2ccccc2)C=C1. The van der Waals surface area contributed by atoms with E-state index >= 15 is 0 Å². The first-order chi connectivity index (χ1) is 24.6. The zero-order valence-corrected chi connectivity index (χ0v) is 26.9. The van der Waals surface area contributed by atoms with Gasteiger partial charge in [0, 0.05) is 44.3 Å². The Morgan fingerprint density at radius 1 is 0.408 bits per heavy atom. The van der Waals surface area contributed by atoms with Crippen molar-refractivity contribution >= 4 is 45.8 Å². The molecule has 7 aromatic rings. The fourth-order valence-electron chi connectivity index (χ4n) is 6.98. The maximum atomic E-state index is 9.52. The van der Waals surface area contributed by atoms with Crippen LogP contribution in [0.1, 0.15) is 31.1 Å². The first-order valence-electron chi connectivity index (χ1n) is 17.0. The Kier molecular flexibility index (Phi) is 6.71. The Bertz CT molecular complexity index is 2630. The van der Waals surface area contributed by atoms with Gasteiger partial charge in [-0.3, -0.25) is 0 Å². The average molecular weight is 630 g/mol. The number of allylic oxidation sites excluding steroid dienone is 1. The highest BCUT2D eigenvalue weighted by molar-refractivity contribution is 6.01. The van der Waals surface area contributed by atoms with Gasteiger partial charge in [0.05, 0.1) is 24.1 Å². The molecular weight excluding hydrogens is 597 g/mol. The molecule has 4 nitrogen and oxygen atoms in total. The number of aromatic nitrogens is 4. The lowest BCUT2D eigenvalue weighted by Gasteiger charge is -2.07. The molecule has 0 saturated heterocycles. The van der Waals surface area contributed by atoms with Gasteiger partial charge in [-0.2, -0.15) is 0 Å². The molecule has 49 heavy (non-hydrogen) atoms. The molecule has 2 aliphatic rings. The van der Waals surface area contributed by atoms with E-state index in [-0.39, 0.29) is 0 Å². The van der Waals surface area contributed by atoms with Crippen LogP contribution in [0, 0.1) is 0 Å². The van der Waals surface area contributed by atoms with Crippen LogP contribution in [0.4, 0.5) is 0 Å². The van der Waals surface area contributed by atoms with Crippen molar-refractivity contribution in [3.05, 3.63) is 168 Å². The lowest BCUT2D eigenvalue weighted by Crippen LogP contribution is -1.91. The molecule has 0 saturated carbocycles. The van der Waals surface area contributed by atoms with E-state index in [1.54, 1.807) is 0 Å². The second-order valence-electron chi connectivity index (χ2n) is 12.3. The Balaban J connectivity index is 1.52. The summed E-state index contributed by atoms with van der Waals surface area (Å²) in [5.74, 6) is 0. The maximum absolute atomic E-state index is 9.52. The number of rotatable bonds is 4. The number of nitrogens with zero attached hydrogens (tertiary/aromatic N) is 2. The Morgan fingerprint density at radius 3 is 1.31 bits per heavy atom. The van der Waals surface area contributed by atoms with Gasteiger partial charge < -0.3 is 9.97 Å². The number of H-pyrrole nitrogens is 2. The fourth-order valence-corrected chi connectivity index (χ4v) is 6.98. The van der Waals surface area contributed by atoms with Crippen molar-refractivity contribution < 1.29 is 1.37 Å². The van der Waals surface area contributed by atoms with E-state index in [9.17, 15) is 1.37 Å². The van der Waals surface area contributed by atoms with E-state index in [0.717, 1.165) is 89.2 Å². The minimum atomic E-state index is 0.394. The third-order valence-electron chi connectivity index (χ3n) is 9.21. The highest BCUT2D eigenvalue weighted by atomic mass is 14.8. The first kappa shape index (κ1) is 27.6. The van der Waals surface area contributed by atoms with Gasteiger partial charge in [0.2, 0.25) is 0 Å². The Hall–Kier alpha value is -6.52. The van der Waals surface area contributed by atoms with Gasteiger partial charge in [-0.05, 0) is 77.2 Å². The molecule has 8 bridgehead atoms. The van der Waals surface area contributed by atoms with Crippen molar-refractivity contribution in [1.29, 1.82) is 0 Å². The lowest BCUT2D eigenvalue weighted by atomic mass is 10.00. The van der Waals surface area contributed by atoms with Crippen molar-refractivity contribution in [3.63, 3.8) is 0 Å². The summed E-state index contributed by atoms with van der Waals surface area (Å²) in [4.78, 5) is 18.3. The smallest absolute Gasteiger partial charge is 0.0766 e. The van der Waals surface area contributed by atoms with Gasteiger partial charge in [0.1, 0.15) is 0 Å². The summed E-state index contributed by atoms with van der Waals surface area (Å²) in [5, 5.41) is 0. The number of hydrogen-bond acceptors (Lipinski definition) is 2. The van der Waals surface area contributed by atoms with Gasteiger partial charge in [-0.1, -0.05) is 121 Å². The molecule has 4 heteroatoms. The fraction of sp³-hybridized carbons (Fsp3) is 0.0222. The lowest BCUT2D eigenvalue weighted by molar-refractivity contribution is 1.27. The summed E-state index contributed by atoms with van der Waals surface area (Å²) < 4.78 is 9.52. The van der Waals surface area contributed by atoms with Crippen LogP contribution in [0.5, 0.6) is 0 Å². The molecule has 5 heterocycles. The molecule has 3 aromatic heterocycles. The molecule has 0 amide bonds. The van der Waals surface area contributed by atoms with Crippen molar-refractivity contribution in [3.8, 4) is 44.5 Å². The summed E-state index contributed by atoms with van der Waals surface area (Å²) in [5.41, 5.74) is 15.6. The van der Waals surface area contributed by atoms with Crippen molar-refractivity contribution in [2.75, 3.05) is 0 Å². The predicted octanol–water partition coefficient (Wildman–Crippen LogP) is 11.7. The quantitative estimate of drug-likeness (QED) is 0.203. The van der Waals surface area contributed by atoms with E-state index in [1.165, 1.54) is 0 Å². The average Bonchev–Trinajstić information content (AvgIpc) is 3.99. The maximum Gasteiger partial charge on any atom is 0.0766 e. The molecule has 0 fully saturated rings. The first-order valence-corrected chi connectivity index (χ1v) is 16.5. The molecule has 4 aromatic carbocycles. The van der Waals surface area contributed by atoms with Crippen LogP contribution in [-0.2, 0) is 0 Å². The number of aromatic amines is 2. The molecule has 0 atom stereocenters. The second kappa shape index (κ2) is 11.9. The zero-order chi connectivity index (χ0) is 33.6. The van der Waals surface area contributed by atoms with Crippen LogP contribution in [0.15, 0.2) is 146 Å². The summed E-state index contributed by atoms with van der Waals surface area (Å²) in [6, 6.07) is 50.4. The van der Waals surface area contributed by atoms with Crippen LogP contribution in [-0.4, -0.2) is 19.9 Å². The topological polar surface area (TPSA) is 57.4 Å². The number of nitrogens with one attached hydrogen (secondary N) is 2. The summed E-state index contributed by atoms with van der Waals surface area (Å²) >= 11 is 0. The molecular formula is C45H32N4. The van der Waals surface area contributed by atoms with Crippen LogP contribution in [0.2, 0.25) is 0 Å². The van der Waals surface area contributed by atoms with Crippen LogP contribution in [0.3, 0.4) is 0 Å². The third-order valence-corrected chi connectivity index (χ3v) is 9.21. The monoisotopic (exact) mass is 629 g/mol. The predicted molar refractivity (Wildman–Crippen MR) is 205 cm³/mol. The molecule has 2 aliphatic heterocycles. The van der Waals surface area contributed by atoms with E-state index in [0.29, 0.717) is 11.7 Å². The van der Waals surface area contributed by atoms with Crippen LogP contribution < -0.4 is 0 Å². The summed E-state index contributed by atoms with van der Waals surface area (Å²) in [6.45, 7) is 2.00. The molecule has 0 unspecified atom stereocenters. The largest absolute Gasteiger partial charge is 0.354 e. The third kappa shape index (κ3) is 5.11. The number of benzene rings is 4. The number of fused-ring (bicyclic) bond motifs is 8. The van der Waals surface area contributed by atoms with Gasteiger partial charge in [0.25, 0.3) is 0 Å². The van der Waals surface area contributed by atoms with E-state index in [1.807, 2.05) is 55.5 Å². The minimum Gasteiger partial charge on any atom is -0.354 e. The minimum absolute atomic E-state index is 0.394. The second-order valence-corrected chi connectivity index (χ2v) is 12.3. The van der Waals surface area contributed by atoms with Gasteiger partial charge in [-0.25, -0.2) is 9.97 Å². The molecule has 0 radical (unpaired) electrons. The highest BCUT2D eigenvalue weighted by Gasteiger charge is 2.21. The van der Waals surface area contributed by atoms with Crippen molar-refractivity contribution in [2.24, 2.45) is 0 Å². The van der Waals surface area contributed by atoms with E-state index < -0.39 is 0 Å². The standard InChI is InChI=1S/C45H32N4/c1-29-28-40-43(32-18-10-4-11-19-32)38-25-24-36(47-38)41(30-14-6-2-7-15-30)34-22-23-35(46-34)42(31-16-8-3-9-17-31)37-26-27-39(48-37)44(45(29)49-40)33-20-12-5-13-21-33/h2-28,46,48H,1H3/i28D. The van der Waals surface area contributed by atoms with E-state index in [2.05, 4.69) is 119 Å². The molecule has 9 rings (SSSR count). The normalized spacial score (nSPS) is 12.7. The Morgan fingerprint density at radius 2 is 0.796 bits per heavy atom.